The monoisotopic (exact) mass is 282 g/mol. The number of hydrogen-bond donors (Lipinski definition) is 3. The first-order chi connectivity index (χ1) is 9.04. The highest BCUT2D eigenvalue weighted by atomic mass is 35.5. The number of nitrogens with one attached hydrogen (secondary N) is 2. The molecule has 0 aromatic heterocycles. The van der Waals surface area contributed by atoms with Crippen LogP contribution in [0.2, 0.25) is 5.02 Å². The van der Waals surface area contributed by atoms with E-state index < -0.39 is 5.54 Å². The van der Waals surface area contributed by atoms with Gasteiger partial charge in [-0.3, -0.25) is 0 Å². The largest absolute Gasteiger partial charge is 0.394 e. The molecule has 0 saturated heterocycles. The number of carbonyl (C=O) groups is 1. The molecule has 3 N–H and O–H groups in total. The van der Waals surface area contributed by atoms with E-state index in [0.717, 1.165) is 31.2 Å². The summed E-state index contributed by atoms with van der Waals surface area (Å²) in [6.45, 7) is 1.89. The minimum Gasteiger partial charge on any atom is -0.394 e. The van der Waals surface area contributed by atoms with E-state index in [1.54, 1.807) is 12.1 Å². The zero-order chi connectivity index (χ0) is 13.9. The smallest absolute Gasteiger partial charge is 0.319 e. The van der Waals surface area contributed by atoms with E-state index in [1.807, 2.05) is 13.0 Å². The van der Waals surface area contributed by atoms with E-state index in [-0.39, 0.29) is 12.6 Å². The summed E-state index contributed by atoms with van der Waals surface area (Å²) >= 11 is 6.01. The van der Waals surface area contributed by atoms with Gasteiger partial charge in [-0.05, 0) is 37.5 Å². The predicted octanol–water partition coefficient (Wildman–Crippen LogP) is 3.08. The predicted molar refractivity (Wildman–Crippen MR) is 76.6 cm³/mol. The fraction of sp³-hybridized carbons (Fsp3) is 0.500. The average Bonchev–Trinajstić information content (AvgIpc) is 2.83. The maximum atomic E-state index is 12.0. The summed E-state index contributed by atoms with van der Waals surface area (Å²) in [6.07, 6.45) is 3.73. The molecule has 1 aliphatic carbocycles. The molecule has 1 aromatic carbocycles. The van der Waals surface area contributed by atoms with Gasteiger partial charge in [-0.25, -0.2) is 4.79 Å². The Morgan fingerprint density at radius 1 is 1.42 bits per heavy atom. The van der Waals surface area contributed by atoms with Gasteiger partial charge < -0.3 is 15.7 Å². The lowest BCUT2D eigenvalue weighted by Gasteiger charge is -2.28. The number of halogens is 1. The molecule has 2 amide bonds. The van der Waals surface area contributed by atoms with E-state index in [0.29, 0.717) is 10.7 Å². The van der Waals surface area contributed by atoms with Gasteiger partial charge in [0.2, 0.25) is 0 Å². The van der Waals surface area contributed by atoms with E-state index in [2.05, 4.69) is 10.6 Å². The van der Waals surface area contributed by atoms with E-state index >= 15 is 0 Å². The van der Waals surface area contributed by atoms with Crippen molar-refractivity contribution in [1.82, 2.24) is 5.32 Å². The minimum absolute atomic E-state index is 0.0188. The molecule has 1 fully saturated rings. The number of hydrogen-bond acceptors (Lipinski definition) is 2. The molecule has 0 radical (unpaired) electrons. The molecule has 1 aliphatic rings. The SMILES string of the molecule is Cc1ccc(NC(=O)NC2(CO)CCCC2)cc1Cl. The van der Waals surface area contributed by atoms with Gasteiger partial charge in [0.25, 0.3) is 0 Å². The minimum atomic E-state index is -0.460. The Kier molecular flexibility index (Phi) is 4.32. The van der Waals surface area contributed by atoms with E-state index in [4.69, 9.17) is 11.6 Å². The zero-order valence-electron chi connectivity index (χ0n) is 11.0. The number of benzene rings is 1. The van der Waals surface area contributed by atoms with Crippen LogP contribution in [0.25, 0.3) is 0 Å². The maximum absolute atomic E-state index is 12.0. The average molecular weight is 283 g/mol. The second kappa shape index (κ2) is 5.80. The number of rotatable bonds is 3. The fourth-order valence-electron chi connectivity index (χ4n) is 2.45. The number of urea groups is 1. The standard InChI is InChI=1S/C14H19ClN2O2/c1-10-4-5-11(8-12(10)15)16-13(19)17-14(9-18)6-2-3-7-14/h4-5,8,18H,2-3,6-7,9H2,1H3,(H2,16,17,19). The number of carbonyl (C=O) groups excluding carboxylic acids is 1. The third-order valence-electron chi connectivity index (χ3n) is 3.67. The molecule has 1 aromatic rings. The fourth-order valence-corrected chi connectivity index (χ4v) is 2.63. The van der Waals surface area contributed by atoms with Crippen molar-refractivity contribution in [2.45, 2.75) is 38.1 Å². The molecule has 4 nitrogen and oxygen atoms in total. The quantitative estimate of drug-likeness (QED) is 0.798. The molecular formula is C14H19ClN2O2. The molecule has 5 heteroatoms. The molecule has 19 heavy (non-hydrogen) atoms. The Balaban J connectivity index is 1.99. The molecular weight excluding hydrogens is 264 g/mol. The van der Waals surface area contributed by atoms with Crippen molar-refractivity contribution in [3.05, 3.63) is 28.8 Å². The lowest BCUT2D eigenvalue weighted by molar-refractivity contribution is 0.167. The summed E-state index contributed by atoms with van der Waals surface area (Å²) in [5, 5.41) is 15.7. The topological polar surface area (TPSA) is 61.4 Å². The molecule has 2 rings (SSSR count). The van der Waals surface area contributed by atoms with Crippen LogP contribution in [0.1, 0.15) is 31.2 Å². The summed E-state index contributed by atoms with van der Waals surface area (Å²) in [6, 6.07) is 5.09. The van der Waals surface area contributed by atoms with Crippen molar-refractivity contribution >= 4 is 23.3 Å². The number of aliphatic hydroxyl groups excluding tert-OH is 1. The Morgan fingerprint density at radius 3 is 2.68 bits per heavy atom. The number of aryl methyl sites for hydroxylation is 1. The number of aliphatic hydroxyl groups is 1. The van der Waals surface area contributed by atoms with E-state index in [9.17, 15) is 9.90 Å². The van der Waals surface area contributed by atoms with Gasteiger partial charge in [-0.1, -0.05) is 30.5 Å². The van der Waals surface area contributed by atoms with Crippen molar-refractivity contribution in [2.24, 2.45) is 0 Å². The Hall–Kier alpha value is -1.26. The highest BCUT2D eigenvalue weighted by Gasteiger charge is 2.34. The van der Waals surface area contributed by atoms with Gasteiger partial charge in [-0.15, -0.1) is 0 Å². The third kappa shape index (κ3) is 3.39. The Bertz CT molecular complexity index is 471. The van der Waals surface area contributed by atoms with Gasteiger partial charge in [0.1, 0.15) is 0 Å². The number of amides is 2. The zero-order valence-corrected chi connectivity index (χ0v) is 11.8. The van der Waals surface area contributed by atoms with Crippen molar-refractivity contribution in [3.63, 3.8) is 0 Å². The van der Waals surface area contributed by atoms with Gasteiger partial charge in [0, 0.05) is 10.7 Å². The van der Waals surface area contributed by atoms with Crippen LogP contribution in [0.3, 0.4) is 0 Å². The van der Waals surface area contributed by atoms with Crippen molar-refractivity contribution in [2.75, 3.05) is 11.9 Å². The van der Waals surface area contributed by atoms with Crippen LogP contribution in [0.4, 0.5) is 10.5 Å². The van der Waals surface area contributed by atoms with Crippen molar-refractivity contribution < 1.29 is 9.90 Å². The first kappa shape index (κ1) is 14.2. The summed E-state index contributed by atoms with van der Waals surface area (Å²) in [5.74, 6) is 0. The second-order valence-electron chi connectivity index (χ2n) is 5.19. The van der Waals surface area contributed by atoms with Crippen LogP contribution in [-0.4, -0.2) is 23.3 Å². The van der Waals surface area contributed by atoms with Crippen LogP contribution < -0.4 is 10.6 Å². The molecule has 104 valence electrons. The molecule has 0 bridgehead atoms. The van der Waals surface area contributed by atoms with Crippen molar-refractivity contribution in [1.29, 1.82) is 0 Å². The van der Waals surface area contributed by atoms with Gasteiger partial charge in [0.15, 0.2) is 0 Å². The summed E-state index contributed by atoms with van der Waals surface area (Å²) in [5.41, 5.74) is 1.16. The Labute approximate surface area is 118 Å². The summed E-state index contributed by atoms with van der Waals surface area (Å²) in [7, 11) is 0. The van der Waals surface area contributed by atoms with E-state index in [1.165, 1.54) is 0 Å². The van der Waals surface area contributed by atoms with Gasteiger partial charge in [-0.2, -0.15) is 0 Å². The summed E-state index contributed by atoms with van der Waals surface area (Å²) < 4.78 is 0. The Morgan fingerprint density at radius 2 is 2.11 bits per heavy atom. The van der Waals surface area contributed by atoms with Gasteiger partial charge >= 0.3 is 6.03 Å². The molecule has 1 saturated carbocycles. The number of anilines is 1. The lowest BCUT2D eigenvalue weighted by atomic mass is 9.99. The van der Waals surface area contributed by atoms with Crippen LogP contribution in [0.5, 0.6) is 0 Å². The van der Waals surface area contributed by atoms with Gasteiger partial charge in [0.05, 0.1) is 12.1 Å². The molecule has 0 spiro atoms. The molecule has 0 unspecified atom stereocenters. The second-order valence-corrected chi connectivity index (χ2v) is 5.60. The molecule has 0 heterocycles. The first-order valence-corrected chi connectivity index (χ1v) is 6.89. The normalized spacial score (nSPS) is 17.2. The molecule has 0 atom stereocenters. The van der Waals surface area contributed by atoms with Crippen LogP contribution in [0, 0.1) is 6.92 Å². The van der Waals surface area contributed by atoms with Crippen LogP contribution in [-0.2, 0) is 0 Å². The molecule has 0 aliphatic heterocycles. The summed E-state index contributed by atoms with van der Waals surface area (Å²) in [4.78, 5) is 12.0. The highest BCUT2D eigenvalue weighted by molar-refractivity contribution is 6.31. The van der Waals surface area contributed by atoms with Crippen LogP contribution >= 0.6 is 11.6 Å². The highest BCUT2D eigenvalue weighted by Crippen LogP contribution is 2.29. The maximum Gasteiger partial charge on any atom is 0.319 e. The lowest BCUT2D eigenvalue weighted by Crippen LogP contribution is -2.50. The van der Waals surface area contributed by atoms with Crippen molar-refractivity contribution in [3.8, 4) is 0 Å². The van der Waals surface area contributed by atoms with Crippen LogP contribution in [0.15, 0.2) is 18.2 Å². The first-order valence-electron chi connectivity index (χ1n) is 6.51. The third-order valence-corrected chi connectivity index (χ3v) is 4.08.